The number of carbonyl (C=O) groups excluding carboxylic acids is 1. The summed E-state index contributed by atoms with van der Waals surface area (Å²) < 4.78 is 4.77. The van der Waals surface area contributed by atoms with Gasteiger partial charge in [0.2, 0.25) is 5.95 Å². The summed E-state index contributed by atoms with van der Waals surface area (Å²) in [5.74, 6) is -0.0557. The topological polar surface area (TPSA) is 92.8 Å². The van der Waals surface area contributed by atoms with Gasteiger partial charge in [0, 0.05) is 18.0 Å². The predicted octanol–water partition coefficient (Wildman–Crippen LogP) is 0.461. The molecule has 2 rings (SSSR count). The number of aromatic amines is 1. The Morgan fingerprint density at radius 2 is 2.19 bits per heavy atom. The van der Waals surface area contributed by atoms with Crippen LogP contribution in [0, 0.1) is 0 Å². The summed E-state index contributed by atoms with van der Waals surface area (Å²) in [6.45, 7) is 0. The molecule has 0 unspecified atom stereocenters. The number of nitrogens with zero attached hydrogens (tertiary/aromatic N) is 3. The molecule has 2 heterocycles. The molecule has 0 aliphatic heterocycles. The smallest absolute Gasteiger partial charge is 0.336 e. The highest BCUT2D eigenvalue weighted by molar-refractivity contribution is 6.03. The lowest BCUT2D eigenvalue weighted by molar-refractivity contribution is 0.102. The molecular weight excluding hydrogens is 210 g/mol. The second kappa shape index (κ2) is 4.39. The Hall–Kier alpha value is -2.44. The molecule has 16 heavy (non-hydrogen) atoms. The van der Waals surface area contributed by atoms with Crippen molar-refractivity contribution in [3.05, 3.63) is 30.1 Å². The van der Waals surface area contributed by atoms with E-state index in [1.54, 1.807) is 12.1 Å². The minimum absolute atomic E-state index is 0.171. The molecule has 7 nitrogen and oxygen atoms in total. The van der Waals surface area contributed by atoms with Crippen molar-refractivity contribution in [1.82, 2.24) is 20.2 Å². The van der Waals surface area contributed by atoms with Gasteiger partial charge in [-0.25, -0.2) is 5.10 Å². The summed E-state index contributed by atoms with van der Waals surface area (Å²) in [6, 6.07) is 3.37. The van der Waals surface area contributed by atoms with E-state index in [0.717, 1.165) is 0 Å². The van der Waals surface area contributed by atoms with Crippen LogP contribution in [0.5, 0.6) is 6.01 Å². The van der Waals surface area contributed by atoms with E-state index in [1.807, 2.05) is 0 Å². The molecule has 82 valence electrons. The van der Waals surface area contributed by atoms with Crippen molar-refractivity contribution in [3.8, 4) is 6.01 Å². The number of pyridine rings is 1. The molecule has 0 atom stereocenters. The van der Waals surface area contributed by atoms with E-state index in [1.165, 1.54) is 19.5 Å². The molecule has 0 spiro atoms. The maximum Gasteiger partial charge on any atom is 0.336 e. The lowest BCUT2D eigenvalue weighted by Crippen LogP contribution is -2.12. The second-order valence-corrected chi connectivity index (χ2v) is 2.86. The van der Waals surface area contributed by atoms with E-state index in [9.17, 15) is 4.79 Å². The summed E-state index contributed by atoms with van der Waals surface area (Å²) >= 11 is 0. The fraction of sp³-hybridized carbons (Fsp3) is 0.111. The van der Waals surface area contributed by atoms with Crippen LogP contribution >= 0.6 is 0 Å². The Morgan fingerprint density at radius 1 is 1.44 bits per heavy atom. The van der Waals surface area contributed by atoms with Gasteiger partial charge < -0.3 is 4.74 Å². The van der Waals surface area contributed by atoms with Gasteiger partial charge in [-0.2, -0.15) is 4.98 Å². The van der Waals surface area contributed by atoms with Crippen LogP contribution in [0.25, 0.3) is 0 Å². The van der Waals surface area contributed by atoms with E-state index in [-0.39, 0.29) is 17.9 Å². The van der Waals surface area contributed by atoms with Crippen LogP contribution in [0.4, 0.5) is 5.95 Å². The second-order valence-electron chi connectivity index (χ2n) is 2.86. The van der Waals surface area contributed by atoms with Crippen LogP contribution in [0.3, 0.4) is 0 Å². The molecule has 2 N–H and O–H groups in total. The van der Waals surface area contributed by atoms with Crippen LogP contribution in [0.1, 0.15) is 10.4 Å². The van der Waals surface area contributed by atoms with Crippen LogP contribution in [-0.4, -0.2) is 33.2 Å². The third-order valence-electron chi connectivity index (χ3n) is 1.82. The lowest BCUT2D eigenvalue weighted by Gasteiger charge is -1.99. The zero-order chi connectivity index (χ0) is 11.4. The normalized spacial score (nSPS) is 9.81. The van der Waals surface area contributed by atoms with E-state index >= 15 is 0 Å². The van der Waals surface area contributed by atoms with Crippen molar-refractivity contribution in [3.63, 3.8) is 0 Å². The number of hydrogen-bond acceptors (Lipinski definition) is 5. The number of aromatic nitrogens is 4. The van der Waals surface area contributed by atoms with Gasteiger partial charge in [-0.15, -0.1) is 5.10 Å². The Kier molecular flexibility index (Phi) is 2.77. The standard InChI is InChI=1S/C9H9N5O2/c1-16-9-12-8(13-14-9)11-7(15)6-2-4-10-5-3-6/h2-5H,1H3,(H2,11,12,13,14,15). The Bertz CT molecular complexity index is 482. The SMILES string of the molecule is COc1n[nH]c(NC(=O)c2ccncc2)n1. The molecule has 0 bridgehead atoms. The average molecular weight is 219 g/mol. The first-order chi connectivity index (χ1) is 7.79. The average Bonchev–Trinajstić information content (AvgIpc) is 2.78. The highest BCUT2D eigenvalue weighted by Gasteiger charge is 2.08. The van der Waals surface area contributed by atoms with Crippen molar-refractivity contribution in [2.24, 2.45) is 0 Å². The molecule has 0 fully saturated rings. The van der Waals surface area contributed by atoms with Crippen LogP contribution in [0.2, 0.25) is 0 Å². The largest absolute Gasteiger partial charge is 0.466 e. The number of amides is 1. The van der Waals surface area contributed by atoms with Crippen molar-refractivity contribution in [1.29, 1.82) is 0 Å². The first-order valence-corrected chi connectivity index (χ1v) is 4.47. The number of methoxy groups -OCH3 is 1. The molecule has 7 heteroatoms. The van der Waals surface area contributed by atoms with Crippen molar-refractivity contribution in [2.75, 3.05) is 12.4 Å². The Morgan fingerprint density at radius 3 is 2.81 bits per heavy atom. The van der Waals surface area contributed by atoms with E-state index < -0.39 is 0 Å². The maximum absolute atomic E-state index is 11.6. The van der Waals surface area contributed by atoms with E-state index in [4.69, 9.17) is 4.74 Å². The van der Waals surface area contributed by atoms with Crippen LogP contribution in [-0.2, 0) is 0 Å². The van der Waals surface area contributed by atoms with Gasteiger partial charge in [-0.1, -0.05) is 0 Å². The molecule has 0 saturated carbocycles. The third-order valence-corrected chi connectivity index (χ3v) is 1.82. The van der Waals surface area contributed by atoms with E-state index in [2.05, 4.69) is 25.5 Å². The molecule has 0 aliphatic rings. The van der Waals surface area contributed by atoms with Crippen molar-refractivity contribution < 1.29 is 9.53 Å². The summed E-state index contributed by atoms with van der Waals surface area (Å²) in [6.07, 6.45) is 3.08. The molecule has 2 aromatic heterocycles. The Labute approximate surface area is 90.9 Å². The zero-order valence-corrected chi connectivity index (χ0v) is 8.47. The number of H-pyrrole nitrogens is 1. The number of anilines is 1. The lowest BCUT2D eigenvalue weighted by atomic mass is 10.2. The molecule has 0 aliphatic carbocycles. The number of hydrogen-bond donors (Lipinski definition) is 2. The number of nitrogens with one attached hydrogen (secondary N) is 2. The van der Waals surface area contributed by atoms with Crippen LogP contribution < -0.4 is 10.1 Å². The number of rotatable bonds is 3. The molecular formula is C9H9N5O2. The summed E-state index contributed by atoms with van der Waals surface area (Å²) in [5.41, 5.74) is 0.491. The van der Waals surface area contributed by atoms with Crippen molar-refractivity contribution >= 4 is 11.9 Å². The van der Waals surface area contributed by atoms with Gasteiger partial charge in [-0.05, 0) is 12.1 Å². The minimum atomic E-state index is -0.291. The first kappa shape index (κ1) is 10.1. The number of carbonyl (C=O) groups is 1. The minimum Gasteiger partial charge on any atom is -0.466 e. The Balaban J connectivity index is 2.08. The highest BCUT2D eigenvalue weighted by atomic mass is 16.5. The first-order valence-electron chi connectivity index (χ1n) is 4.47. The predicted molar refractivity (Wildman–Crippen MR) is 55.1 cm³/mol. The number of ether oxygens (including phenoxy) is 1. The van der Waals surface area contributed by atoms with E-state index in [0.29, 0.717) is 5.56 Å². The third kappa shape index (κ3) is 2.14. The molecule has 1 amide bonds. The zero-order valence-electron chi connectivity index (χ0n) is 8.47. The van der Waals surface area contributed by atoms with Gasteiger partial charge in [0.25, 0.3) is 5.91 Å². The molecule has 0 saturated heterocycles. The summed E-state index contributed by atoms with van der Waals surface area (Å²) in [4.78, 5) is 19.3. The van der Waals surface area contributed by atoms with Gasteiger partial charge in [0.05, 0.1) is 7.11 Å². The van der Waals surface area contributed by atoms with Crippen LogP contribution in [0.15, 0.2) is 24.5 Å². The quantitative estimate of drug-likeness (QED) is 0.782. The van der Waals surface area contributed by atoms with Gasteiger partial charge in [0.1, 0.15) is 0 Å². The highest BCUT2D eigenvalue weighted by Crippen LogP contribution is 2.06. The summed E-state index contributed by atoms with van der Waals surface area (Å²) in [5, 5.41) is 8.76. The van der Waals surface area contributed by atoms with Crippen molar-refractivity contribution in [2.45, 2.75) is 0 Å². The fourth-order valence-corrected chi connectivity index (χ4v) is 1.08. The monoisotopic (exact) mass is 219 g/mol. The molecule has 0 aromatic carbocycles. The summed E-state index contributed by atoms with van der Waals surface area (Å²) in [7, 11) is 1.44. The molecule has 2 aromatic rings. The van der Waals surface area contributed by atoms with Gasteiger partial charge in [0.15, 0.2) is 0 Å². The maximum atomic E-state index is 11.6. The molecule has 0 radical (unpaired) electrons. The van der Waals surface area contributed by atoms with Gasteiger partial charge >= 0.3 is 6.01 Å². The fourth-order valence-electron chi connectivity index (χ4n) is 1.08. The van der Waals surface area contributed by atoms with Gasteiger partial charge in [-0.3, -0.25) is 15.1 Å².